The third kappa shape index (κ3) is 2.28. The minimum absolute atomic E-state index is 0.327. The van der Waals surface area contributed by atoms with Gasteiger partial charge in [-0.3, -0.25) is 9.59 Å². The van der Waals surface area contributed by atoms with Crippen LogP contribution in [0, 0.1) is 5.92 Å². The number of carbonyl (C=O) groups excluding carboxylic acids is 2. The number of amides is 2. The Morgan fingerprint density at radius 3 is 2.29 bits per heavy atom. The van der Waals surface area contributed by atoms with Crippen LogP contribution in [0.1, 0.15) is 5.56 Å². The van der Waals surface area contributed by atoms with Crippen molar-refractivity contribution in [1.82, 2.24) is 0 Å². The number of anilines is 1. The van der Waals surface area contributed by atoms with Gasteiger partial charge in [-0.05, 0) is 18.2 Å². The van der Waals surface area contributed by atoms with E-state index in [1.165, 1.54) is 18.2 Å². The molecule has 0 N–H and O–H groups in total. The van der Waals surface area contributed by atoms with E-state index in [1.54, 1.807) is 0 Å². The first-order valence-electron chi connectivity index (χ1n) is 7.19. The van der Waals surface area contributed by atoms with Gasteiger partial charge in [0.1, 0.15) is 11.6 Å². The number of fused-ring (bicyclic) bond motifs is 1. The van der Waals surface area contributed by atoms with Crippen LogP contribution in [0.3, 0.4) is 0 Å². The number of nitrogens with zero attached hydrogens (tertiary/aromatic N) is 2. The van der Waals surface area contributed by atoms with E-state index in [9.17, 15) is 9.59 Å². The Balaban J connectivity index is 1.73. The minimum atomic E-state index is -0.953. The molecule has 1 saturated heterocycles. The van der Waals surface area contributed by atoms with Gasteiger partial charge in [0, 0.05) is 15.6 Å². The first kappa shape index (κ1) is 15.2. The van der Waals surface area contributed by atoms with Gasteiger partial charge in [0.2, 0.25) is 12.0 Å². The van der Waals surface area contributed by atoms with E-state index in [-0.39, 0.29) is 0 Å². The average Bonchev–Trinajstić information content (AvgIpc) is 3.08. The fourth-order valence-electron chi connectivity index (χ4n) is 2.95. The van der Waals surface area contributed by atoms with Crippen LogP contribution in [0.4, 0.5) is 5.69 Å². The van der Waals surface area contributed by atoms with Crippen molar-refractivity contribution < 1.29 is 14.4 Å². The Kier molecular flexibility index (Phi) is 3.55. The number of rotatable bonds is 2. The highest BCUT2D eigenvalue weighted by molar-refractivity contribution is 6.37. The second-order valence-electron chi connectivity index (χ2n) is 5.49. The molecule has 2 aliphatic rings. The summed E-state index contributed by atoms with van der Waals surface area (Å²) in [6, 6.07) is 13.7. The molecule has 0 aromatic heterocycles. The number of halogens is 2. The zero-order valence-electron chi connectivity index (χ0n) is 12.1. The van der Waals surface area contributed by atoms with Crippen LogP contribution in [0.25, 0.3) is 0 Å². The second kappa shape index (κ2) is 5.61. The van der Waals surface area contributed by atoms with Crippen molar-refractivity contribution in [2.45, 2.75) is 6.10 Å². The summed E-state index contributed by atoms with van der Waals surface area (Å²) >= 11 is 12.0. The van der Waals surface area contributed by atoms with Crippen molar-refractivity contribution in [2.75, 3.05) is 4.90 Å². The van der Waals surface area contributed by atoms with Crippen molar-refractivity contribution in [3.05, 3.63) is 64.1 Å². The van der Waals surface area contributed by atoms with Gasteiger partial charge in [-0.15, -0.1) is 0 Å². The topological polar surface area (TPSA) is 59.0 Å². The number of carbonyl (C=O) groups is 2. The van der Waals surface area contributed by atoms with Crippen LogP contribution < -0.4 is 4.90 Å². The molecule has 2 heterocycles. The van der Waals surface area contributed by atoms with Crippen LogP contribution in [-0.2, 0) is 14.4 Å². The molecular formula is C17H10Cl2N2O3. The number of hydrogen-bond acceptors (Lipinski definition) is 4. The molecule has 2 aromatic rings. The molecule has 2 aromatic carbocycles. The minimum Gasteiger partial charge on any atom is -0.381 e. The molecule has 2 aliphatic heterocycles. The molecular weight excluding hydrogens is 351 g/mol. The van der Waals surface area contributed by atoms with E-state index < -0.39 is 23.8 Å². The first-order chi connectivity index (χ1) is 11.6. The summed E-state index contributed by atoms with van der Waals surface area (Å²) in [6.07, 6.45) is -0.953. The molecule has 0 unspecified atom stereocenters. The van der Waals surface area contributed by atoms with E-state index >= 15 is 0 Å². The van der Waals surface area contributed by atoms with E-state index in [4.69, 9.17) is 28.0 Å². The molecule has 0 saturated carbocycles. The van der Waals surface area contributed by atoms with Gasteiger partial charge >= 0.3 is 0 Å². The number of benzene rings is 2. The molecule has 5 nitrogen and oxygen atoms in total. The van der Waals surface area contributed by atoms with Gasteiger partial charge in [0.25, 0.3) is 5.91 Å². The summed E-state index contributed by atoms with van der Waals surface area (Å²) in [5, 5.41) is 4.63. The highest BCUT2D eigenvalue weighted by Gasteiger charge is 2.56. The molecule has 0 radical (unpaired) electrons. The number of hydrogen-bond donors (Lipinski definition) is 0. The Morgan fingerprint density at radius 2 is 1.62 bits per heavy atom. The fourth-order valence-corrected chi connectivity index (χ4v) is 3.46. The van der Waals surface area contributed by atoms with Crippen LogP contribution >= 0.6 is 23.2 Å². The largest absolute Gasteiger partial charge is 0.381 e. The second-order valence-corrected chi connectivity index (χ2v) is 6.36. The predicted molar refractivity (Wildman–Crippen MR) is 90.3 cm³/mol. The van der Waals surface area contributed by atoms with E-state index in [2.05, 4.69) is 5.16 Å². The highest BCUT2D eigenvalue weighted by atomic mass is 35.5. The first-order valence-corrected chi connectivity index (χ1v) is 7.95. The lowest BCUT2D eigenvalue weighted by Gasteiger charge is -2.16. The van der Waals surface area contributed by atoms with Crippen molar-refractivity contribution in [1.29, 1.82) is 0 Å². The zero-order chi connectivity index (χ0) is 16.8. The summed E-state index contributed by atoms with van der Waals surface area (Å²) in [6.45, 7) is 0. The smallest absolute Gasteiger partial charge is 0.278 e. The van der Waals surface area contributed by atoms with Gasteiger partial charge in [-0.1, -0.05) is 58.7 Å². The SMILES string of the molecule is O=C1[C@H]2C(c3ccccc3)=NO[C@H]2C(=O)N1c1cc(Cl)cc(Cl)c1. The Hall–Kier alpha value is -2.37. The Bertz CT molecular complexity index is 862. The molecule has 2 amide bonds. The standard InChI is InChI=1S/C17H10Cl2N2O3/c18-10-6-11(19)8-12(7-10)21-16(22)13-14(9-4-2-1-3-5-9)20-24-15(13)17(21)23/h1-8,13,15H/t13-,15+/m0/s1. The molecule has 120 valence electrons. The van der Waals surface area contributed by atoms with Gasteiger partial charge in [-0.2, -0.15) is 0 Å². The lowest BCUT2D eigenvalue weighted by atomic mass is 9.94. The molecule has 7 heteroatoms. The van der Waals surface area contributed by atoms with E-state index in [0.717, 1.165) is 10.5 Å². The predicted octanol–water partition coefficient (Wildman–Crippen LogP) is 3.29. The highest BCUT2D eigenvalue weighted by Crippen LogP contribution is 2.36. The lowest BCUT2D eigenvalue weighted by molar-refractivity contribution is -0.126. The molecule has 24 heavy (non-hydrogen) atoms. The van der Waals surface area contributed by atoms with Crippen LogP contribution in [-0.4, -0.2) is 23.6 Å². The summed E-state index contributed by atoms with van der Waals surface area (Å²) in [5.74, 6) is -1.64. The molecule has 0 bridgehead atoms. The lowest BCUT2D eigenvalue weighted by Crippen LogP contribution is -2.33. The maximum atomic E-state index is 12.9. The average molecular weight is 361 g/mol. The summed E-state index contributed by atoms with van der Waals surface area (Å²) in [5.41, 5.74) is 1.53. The molecule has 4 rings (SSSR count). The quantitative estimate of drug-likeness (QED) is 0.772. The van der Waals surface area contributed by atoms with Crippen molar-refractivity contribution in [3.63, 3.8) is 0 Å². The van der Waals surface area contributed by atoms with Crippen molar-refractivity contribution in [3.8, 4) is 0 Å². The summed E-state index contributed by atoms with van der Waals surface area (Å²) < 4.78 is 0. The van der Waals surface area contributed by atoms with Crippen LogP contribution in [0.5, 0.6) is 0 Å². The number of oxime groups is 1. The summed E-state index contributed by atoms with van der Waals surface area (Å²) in [7, 11) is 0. The van der Waals surface area contributed by atoms with Gasteiger partial charge in [-0.25, -0.2) is 4.90 Å². The van der Waals surface area contributed by atoms with Gasteiger partial charge in [0.15, 0.2) is 0 Å². The molecule has 1 fully saturated rings. The molecule has 2 atom stereocenters. The maximum Gasteiger partial charge on any atom is 0.278 e. The fraction of sp³-hybridized carbons (Fsp3) is 0.118. The Morgan fingerprint density at radius 1 is 0.958 bits per heavy atom. The van der Waals surface area contributed by atoms with Crippen LogP contribution in [0.15, 0.2) is 53.7 Å². The zero-order valence-corrected chi connectivity index (χ0v) is 13.7. The third-order valence-corrected chi connectivity index (χ3v) is 4.42. The van der Waals surface area contributed by atoms with E-state index in [1.807, 2.05) is 30.3 Å². The molecule has 0 spiro atoms. The van der Waals surface area contributed by atoms with Gasteiger partial charge < -0.3 is 4.84 Å². The third-order valence-electron chi connectivity index (χ3n) is 3.99. The van der Waals surface area contributed by atoms with Crippen molar-refractivity contribution in [2.24, 2.45) is 11.1 Å². The molecule has 0 aliphatic carbocycles. The Labute approximate surface area is 147 Å². The monoisotopic (exact) mass is 360 g/mol. The normalized spacial score (nSPS) is 22.4. The maximum absolute atomic E-state index is 12.9. The number of imide groups is 1. The van der Waals surface area contributed by atoms with E-state index in [0.29, 0.717) is 21.4 Å². The van der Waals surface area contributed by atoms with Crippen LogP contribution in [0.2, 0.25) is 10.0 Å². The summed E-state index contributed by atoms with van der Waals surface area (Å²) in [4.78, 5) is 31.8. The van der Waals surface area contributed by atoms with Gasteiger partial charge in [0.05, 0.1) is 5.69 Å². The van der Waals surface area contributed by atoms with Crippen molar-refractivity contribution >= 4 is 46.4 Å².